The highest BCUT2D eigenvalue weighted by Gasteiger charge is 2.24. The van der Waals surface area contributed by atoms with Crippen LogP contribution in [0.15, 0.2) is 48.5 Å². The average Bonchev–Trinajstić information content (AvgIpc) is 2.67. The van der Waals surface area contributed by atoms with Crippen LogP contribution in [0.1, 0.15) is 18.1 Å². The molecule has 0 unspecified atom stereocenters. The topological polar surface area (TPSA) is 61.6 Å². The van der Waals surface area contributed by atoms with Gasteiger partial charge < -0.3 is 10.2 Å². The minimum Gasteiger partial charge on any atom is -0.363 e. The average molecular weight is 354 g/mol. The Bertz CT molecular complexity index is 728. The van der Waals surface area contributed by atoms with Gasteiger partial charge in [0, 0.05) is 45.3 Å². The summed E-state index contributed by atoms with van der Waals surface area (Å²) in [6.45, 7) is 7.88. The predicted octanol–water partition coefficient (Wildman–Crippen LogP) is 3.03. The highest BCUT2D eigenvalue weighted by Crippen LogP contribution is 2.30. The first-order valence-corrected chi connectivity index (χ1v) is 9.16. The van der Waals surface area contributed by atoms with Crippen molar-refractivity contribution in [2.45, 2.75) is 20.0 Å². The molecule has 0 saturated carbocycles. The van der Waals surface area contributed by atoms with Gasteiger partial charge in [-0.3, -0.25) is 15.0 Å². The number of nitrogens with zero attached hydrogens (tertiary/aromatic N) is 3. The van der Waals surface area contributed by atoms with Crippen LogP contribution in [0, 0.1) is 10.1 Å². The third-order valence-corrected chi connectivity index (χ3v) is 4.78. The van der Waals surface area contributed by atoms with Gasteiger partial charge in [0.15, 0.2) is 0 Å². The Hall–Kier alpha value is -2.44. The van der Waals surface area contributed by atoms with E-state index < -0.39 is 0 Å². The summed E-state index contributed by atoms with van der Waals surface area (Å²) in [5, 5.41) is 14.8. The summed E-state index contributed by atoms with van der Waals surface area (Å²) in [4.78, 5) is 15.8. The van der Waals surface area contributed by atoms with Crippen LogP contribution in [-0.2, 0) is 13.1 Å². The molecular formula is C20H26N4O2. The zero-order valence-corrected chi connectivity index (χ0v) is 15.2. The van der Waals surface area contributed by atoms with Crippen LogP contribution in [-0.4, -0.2) is 42.5 Å². The van der Waals surface area contributed by atoms with Crippen LogP contribution in [0.4, 0.5) is 11.4 Å². The zero-order chi connectivity index (χ0) is 18.4. The molecule has 1 N–H and O–H groups in total. The molecule has 3 rings (SSSR count). The number of hydrogen-bond donors (Lipinski definition) is 1. The van der Waals surface area contributed by atoms with E-state index in [1.807, 2.05) is 25.1 Å². The zero-order valence-electron chi connectivity index (χ0n) is 15.2. The summed E-state index contributed by atoms with van der Waals surface area (Å²) < 4.78 is 0. The van der Waals surface area contributed by atoms with Crippen molar-refractivity contribution >= 4 is 11.4 Å². The Kier molecular flexibility index (Phi) is 6.20. The van der Waals surface area contributed by atoms with Gasteiger partial charge in [0.1, 0.15) is 5.69 Å². The Morgan fingerprint density at radius 1 is 1.04 bits per heavy atom. The summed E-state index contributed by atoms with van der Waals surface area (Å²) >= 11 is 0. The second kappa shape index (κ2) is 8.78. The maximum Gasteiger partial charge on any atom is 0.292 e. The van der Waals surface area contributed by atoms with E-state index in [2.05, 4.69) is 39.4 Å². The van der Waals surface area contributed by atoms with E-state index in [9.17, 15) is 10.1 Å². The number of benzene rings is 2. The smallest absolute Gasteiger partial charge is 0.292 e. The summed E-state index contributed by atoms with van der Waals surface area (Å²) in [6.07, 6.45) is 0. The second-order valence-corrected chi connectivity index (χ2v) is 6.61. The van der Waals surface area contributed by atoms with Gasteiger partial charge in [-0.2, -0.15) is 0 Å². The number of hydrogen-bond acceptors (Lipinski definition) is 5. The molecule has 0 bridgehead atoms. The molecule has 1 saturated heterocycles. The molecule has 6 heteroatoms. The second-order valence-electron chi connectivity index (χ2n) is 6.61. The van der Waals surface area contributed by atoms with Crippen LogP contribution < -0.4 is 10.2 Å². The first kappa shape index (κ1) is 18.4. The van der Waals surface area contributed by atoms with Crippen LogP contribution in [0.25, 0.3) is 0 Å². The lowest BCUT2D eigenvalue weighted by Crippen LogP contribution is -2.46. The maximum atomic E-state index is 11.5. The molecule has 0 aromatic heterocycles. The quantitative estimate of drug-likeness (QED) is 0.612. The number of nitro benzene ring substituents is 1. The van der Waals surface area contributed by atoms with E-state index in [4.69, 9.17) is 0 Å². The molecule has 0 radical (unpaired) electrons. The van der Waals surface area contributed by atoms with Crippen molar-refractivity contribution in [3.05, 3.63) is 69.8 Å². The number of nitro groups is 1. The lowest BCUT2D eigenvalue weighted by Gasteiger charge is -2.35. The van der Waals surface area contributed by atoms with Gasteiger partial charge in [-0.15, -0.1) is 0 Å². The van der Waals surface area contributed by atoms with Crippen molar-refractivity contribution in [3.8, 4) is 0 Å². The van der Waals surface area contributed by atoms with Gasteiger partial charge in [0.2, 0.25) is 0 Å². The van der Waals surface area contributed by atoms with Crippen molar-refractivity contribution in [1.29, 1.82) is 0 Å². The van der Waals surface area contributed by atoms with E-state index in [1.165, 1.54) is 5.56 Å². The number of rotatable bonds is 7. The van der Waals surface area contributed by atoms with E-state index in [-0.39, 0.29) is 10.6 Å². The van der Waals surface area contributed by atoms with Crippen molar-refractivity contribution in [2.75, 3.05) is 37.6 Å². The number of anilines is 1. The fraction of sp³-hybridized carbons (Fsp3) is 0.400. The minimum absolute atomic E-state index is 0.205. The van der Waals surface area contributed by atoms with Gasteiger partial charge in [-0.05, 0) is 23.7 Å². The first-order chi connectivity index (χ1) is 12.7. The van der Waals surface area contributed by atoms with Gasteiger partial charge in [-0.1, -0.05) is 43.3 Å². The molecule has 2 aromatic rings. The molecule has 0 atom stereocenters. The summed E-state index contributed by atoms with van der Waals surface area (Å²) in [7, 11) is 0. The molecule has 1 aliphatic rings. The van der Waals surface area contributed by atoms with Crippen molar-refractivity contribution in [1.82, 2.24) is 10.2 Å². The largest absolute Gasteiger partial charge is 0.363 e. The number of nitrogens with one attached hydrogen (secondary N) is 1. The van der Waals surface area contributed by atoms with Gasteiger partial charge in [-0.25, -0.2) is 0 Å². The van der Waals surface area contributed by atoms with E-state index in [0.717, 1.165) is 50.5 Å². The van der Waals surface area contributed by atoms with Crippen molar-refractivity contribution in [2.24, 2.45) is 0 Å². The molecule has 1 fully saturated rings. The minimum atomic E-state index is -0.263. The normalized spacial score (nSPS) is 15.2. The first-order valence-electron chi connectivity index (χ1n) is 9.16. The number of piperazine rings is 1. The Morgan fingerprint density at radius 3 is 2.42 bits per heavy atom. The highest BCUT2D eigenvalue weighted by atomic mass is 16.6. The van der Waals surface area contributed by atoms with E-state index >= 15 is 0 Å². The maximum absolute atomic E-state index is 11.5. The van der Waals surface area contributed by atoms with Crippen molar-refractivity contribution < 1.29 is 4.92 Å². The van der Waals surface area contributed by atoms with Gasteiger partial charge >= 0.3 is 0 Å². The summed E-state index contributed by atoms with van der Waals surface area (Å²) in [5.41, 5.74) is 3.19. The molecule has 26 heavy (non-hydrogen) atoms. The monoisotopic (exact) mass is 354 g/mol. The molecule has 0 amide bonds. The Labute approximate surface area is 154 Å². The van der Waals surface area contributed by atoms with Crippen LogP contribution in [0.5, 0.6) is 0 Å². The van der Waals surface area contributed by atoms with E-state index in [0.29, 0.717) is 6.54 Å². The standard InChI is InChI=1S/C20H26N4O2/c1-2-21-15-18-8-9-19(20(14-18)24(25)26)23-12-10-22(11-13-23)16-17-6-4-3-5-7-17/h3-9,14,21H,2,10-13,15-16H2,1H3. The molecular weight excluding hydrogens is 328 g/mol. The lowest BCUT2D eigenvalue weighted by molar-refractivity contribution is -0.384. The molecule has 1 heterocycles. The Balaban J connectivity index is 1.65. The van der Waals surface area contributed by atoms with Crippen LogP contribution in [0.2, 0.25) is 0 Å². The van der Waals surface area contributed by atoms with Crippen LogP contribution in [0.3, 0.4) is 0 Å². The molecule has 138 valence electrons. The van der Waals surface area contributed by atoms with Gasteiger partial charge in [0.25, 0.3) is 5.69 Å². The van der Waals surface area contributed by atoms with Crippen molar-refractivity contribution in [3.63, 3.8) is 0 Å². The predicted molar refractivity (Wildman–Crippen MR) is 104 cm³/mol. The third kappa shape index (κ3) is 4.59. The molecule has 6 nitrogen and oxygen atoms in total. The Morgan fingerprint density at radius 2 is 1.77 bits per heavy atom. The molecule has 1 aliphatic heterocycles. The highest BCUT2D eigenvalue weighted by molar-refractivity contribution is 5.64. The fourth-order valence-electron chi connectivity index (χ4n) is 3.35. The fourth-order valence-corrected chi connectivity index (χ4v) is 3.35. The SMILES string of the molecule is CCNCc1ccc(N2CCN(Cc3ccccc3)CC2)c([N+](=O)[O-])c1. The summed E-state index contributed by atoms with van der Waals surface area (Å²) in [5.74, 6) is 0. The molecule has 0 aliphatic carbocycles. The van der Waals surface area contributed by atoms with Crippen LogP contribution >= 0.6 is 0 Å². The summed E-state index contributed by atoms with van der Waals surface area (Å²) in [6, 6.07) is 16.0. The van der Waals surface area contributed by atoms with E-state index in [1.54, 1.807) is 6.07 Å². The lowest BCUT2D eigenvalue weighted by atomic mass is 10.1. The third-order valence-electron chi connectivity index (χ3n) is 4.78. The van der Waals surface area contributed by atoms with Gasteiger partial charge in [0.05, 0.1) is 4.92 Å². The molecule has 0 spiro atoms. The molecule has 2 aromatic carbocycles.